The third-order valence-electron chi connectivity index (χ3n) is 5.32. The number of hydrogen-bond acceptors (Lipinski definition) is 3. The maximum Gasteiger partial charge on any atom is 0.157 e. The first-order valence-corrected chi connectivity index (χ1v) is 10.9. The Hall–Kier alpha value is -3.34. The Morgan fingerprint density at radius 1 is 0.879 bits per heavy atom. The summed E-state index contributed by atoms with van der Waals surface area (Å²) < 4.78 is 6.11. The van der Waals surface area contributed by atoms with Gasteiger partial charge >= 0.3 is 0 Å². The van der Waals surface area contributed by atoms with Gasteiger partial charge in [0.1, 0.15) is 18.1 Å². The molecule has 1 N–H and O–H groups in total. The minimum atomic E-state index is 0. The van der Waals surface area contributed by atoms with Gasteiger partial charge in [-0.15, -0.1) is 12.4 Å². The van der Waals surface area contributed by atoms with Gasteiger partial charge in [-0.05, 0) is 60.5 Å². The smallest absolute Gasteiger partial charge is 0.157 e. The lowest BCUT2D eigenvalue weighted by Crippen LogP contribution is -2.01. The molecule has 2 aromatic heterocycles. The zero-order valence-corrected chi connectivity index (χ0v) is 19.7. The molecule has 0 aliphatic carbocycles. The van der Waals surface area contributed by atoms with Crippen molar-refractivity contribution in [2.75, 3.05) is 0 Å². The first kappa shape index (κ1) is 22.8. The number of rotatable bonds is 6. The van der Waals surface area contributed by atoms with Crippen LogP contribution in [0.5, 0.6) is 5.75 Å². The predicted octanol–water partition coefficient (Wildman–Crippen LogP) is 7.18. The van der Waals surface area contributed by atoms with E-state index >= 15 is 0 Å². The van der Waals surface area contributed by atoms with Crippen LogP contribution in [0.4, 0.5) is 0 Å². The molecule has 0 amide bonds. The first-order chi connectivity index (χ1) is 15.6. The number of nitrogens with one attached hydrogen (secondary N) is 1. The summed E-state index contributed by atoms with van der Waals surface area (Å²) in [4.78, 5) is 12.9. The van der Waals surface area contributed by atoms with Crippen molar-refractivity contribution < 1.29 is 4.74 Å². The molecule has 0 radical (unpaired) electrons. The minimum absolute atomic E-state index is 0. The van der Waals surface area contributed by atoms with Crippen LogP contribution in [-0.2, 0) is 13.0 Å². The second kappa shape index (κ2) is 10.1. The Morgan fingerprint density at radius 2 is 1.73 bits per heavy atom. The summed E-state index contributed by atoms with van der Waals surface area (Å²) in [7, 11) is 0. The Bertz CT molecular complexity index is 1380. The van der Waals surface area contributed by atoms with Crippen molar-refractivity contribution in [3.8, 4) is 17.3 Å². The molecule has 0 aliphatic heterocycles. The third-order valence-corrected chi connectivity index (χ3v) is 5.55. The number of nitrogens with zero attached hydrogens (tertiary/aromatic N) is 2. The SMILES string of the molecule is Cc1ccc2[nH]c(-c3cccc(Cc4cc(Cl)ccc4OCc4ccccc4)n3)nc2c1.Cl. The van der Waals surface area contributed by atoms with E-state index in [-0.39, 0.29) is 12.4 Å². The number of aryl methyl sites for hydroxylation is 1. The molecular weight excluding hydrogens is 453 g/mol. The molecule has 0 unspecified atom stereocenters. The van der Waals surface area contributed by atoms with Crippen LogP contribution in [0, 0.1) is 6.92 Å². The lowest BCUT2D eigenvalue weighted by atomic mass is 10.1. The van der Waals surface area contributed by atoms with E-state index in [9.17, 15) is 0 Å². The normalized spacial score (nSPS) is 10.7. The molecule has 2 heterocycles. The van der Waals surface area contributed by atoms with Crippen molar-refractivity contribution in [3.63, 3.8) is 0 Å². The van der Waals surface area contributed by atoms with E-state index in [0.29, 0.717) is 18.1 Å². The molecule has 3 aromatic carbocycles. The average Bonchev–Trinajstić information content (AvgIpc) is 3.23. The Kier molecular flexibility index (Phi) is 6.97. The van der Waals surface area contributed by atoms with E-state index in [1.807, 2.05) is 60.7 Å². The van der Waals surface area contributed by atoms with Gasteiger partial charge in [0, 0.05) is 22.7 Å². The number of ether oxygens (including phenoxy) is 1. The molecule has 0 saturated heterocycles. The van der Waals surface area contributed by atoms with E-state index in [1.54, 1.807) is 0 Å². The molecule has 0 saturated carbocycles. The molecule has 4 nitrogen and oxygen atoms in total. The summed E-state index contributed by atoms with van der Waals surface area (Å²) in [5.74, 6) is 1.57. The minimum Gasteiger partial charge on any atom is -0.489 e. The zero-order valence-electron chi connectivity index (χ0n) is 18.1. The summed E-state index contributed by atoms with van der Waals surface area (Å²) in [6, 6.07) is 28.0. The molecule has 0 bridgehead atoms. The molecule has 0 atom stereocenters. The molecule has 5 rings (SSSR count). The van der Waals surface area contributed by atoms with Crippen LogP contribution in [-0.4, -0.2) is 15.0 Å². The number of halogens is 2. The van der Waals surface area contributed by atoms with Gasteiger partial charge in [-0.3, -0.25) is 0 Å². The zero-order chi connectivity index (χ0) is 21.9. The number of benzene rings is 3. The quantitative estimate of drug-likeness (QED) is 0.283. The molecule has 6 heteroatoms. The maximum atomic E-state index is 6.29. The summed E-state index contributed by atoms with van der Waals surface area (Å²) in [6.45, 7) is 2.57. The highest BCUT2D eigenvalue weighted by Crippen LogP contribution is 2.27. The van der Waals surface area contributed by atoms with Gasteiger partial charge in [0.2, 0.25) is 0 Å². The fraction of sp³-hybridized carbons (Fsp3) is 0.111. The number of aromatic amines is 1. The standard InChI is InChI=1S/C27H22ClN3O.ClH/c1-18-10-12-23-25(14-18)31-27(30-23)24-9-5-8-22(29-24)16-20-15-21(28)11-13-26(20)32-17-19-6-3-2-4-7-19;/h2-15H,16-17H2,1H3,(H,30,31);1H. The fourth-order valence-electron chi connectivity index (χ4n) is 3.70. The summed E-state index contributed by atoms with van der Waals surface area (Å²) in [5, 5.41) is 0.677. The van der Waals surface area contributed by atoms with Crippen molar-refractivity contribution in [1.82, 2.24) is 15.0 Å². The van der Waals surface area contributed by atoms with E-state index < -0.39 is 0 Å². The van der Waals surface area contributed by atoms with Crippen molar-refractivity contribution in [1.29, 1.82) is 0 Å². The molecule has 0 fully saturated rings. The lowest BCUT2D eigenvalue weighted by Gasteiger charge is -2.12. The second-order valence-electron chi connectivity index (χ2n) is 7.82. The van der Waals surface area contributed by atoms with Gasteiger partial charge in [0.15, 0.2) is 5.82 Å². The molecule has 0 spiro atoms. The van der Waals surface area contributed by atoms with Crippen LogP contribution < -0.4 is 4.74 Å². The van der Waals surface area contributed by atoms with Crippen LogP contribution in [0.15, 0.2) is 84.9 Å². The van der Waals surface area contributed by atoms with Gasteiger partial charge in [0.05, 0.1) is 11.0 Å². The van der Waals surface area contributed by atoms with Crippen LogP contribution in [0.2, 0.25) is 5.02 Å². The highest BCUT2D eigenvalue weighted by Gasteiger charge is 2.11. The van der Waals surface area contributed by atoms with Gasteiger partial charge in [0.25, 0.3) is 0 Å². The molecule has 0 aliphatic rings. The Balaban J connectivity index is 0.00000259. The van der Waals surface area contributed by atoms with Crippen molar-refractivity contribution in [2.24, 2.45) is 0 Å². The molecule has 33 heavy (non-hydrogen) atoms. The van der Waals surface area contributed by atoms with Gasteiger partial charge in [-0.2, -0.15) is 0 Å². The Labute approximate surface area is 204 Å². The van der Waals surface area contributed by atoms with E-state index in [2.05, 4.69) is 36.2 Å². The first-order valence-electron chi connectivity index (χ1n) is 10.5. The highest BCUT2D eigenvalue weighted by molar-refractivity contribution is 6.30. The van der Waals surface area contributed by atoms with Crippen molar-refractivity contribution >= 4 is 35.0 Å². The lowest BCUT2D eigenvalue weighted by molar-refractivity contribution is 0.303. The molecule has 5 aromatic rings. The van der Waals surface area contributed by atoms with E-state index in [4.69, 9.17) is 26.3 Å². The predicted molar refractivity (Wildman–Crippen MR) is 136 cm³/mol. The second-order valence-corrected chi connectivity index (χ2v) is 8.26. The largest absolute Gasteiger partial charge is 0.489 e. The van der Waals surface area contributed by atoms with Crippen molar-refractivity contribution in [2.45, 2.75) is 20.0 Å². The maximum absolute atomic E-state index is 6.29. The topological polar surface area (TPSA) is 50.8 Å². The number of pyridine rings is 1. The van der Waals surface area contributed by atoms with Crippen LogP contribution in [0.1, 0.15) is 22.4 Å². The van der Waals surface area contributed by atoms with E-state index in [0.717, 1.165) is 45.1 Å². The monoisotopic (exact) mass is 475 g/mol. The van der Waals surface area contributed by atoms with Gasteiger partial charge < -0.3 is 9.72 Å². The number of hydrogen-bond donors (Lipinski definition) is 1. The van der Waals surface area contributed by atoms with Crippen LogP contribution in [0.3, 0.4) is 0 Å². The highest BCUT2D eigenvalue weighted by atomic mass is 35.5. The van der Waals surface area contributed by atoms with Gasteiger partial charge in [-0.1, -0.05) is 54.1 Å². The molecular formula is C27H23Cl2N3O. The van der Waals surface area contributed by atoms with E-state index in [1.165, 1.54) is 5.56 Å². The van der Waals surface area contributed by atoms with Crippen molar-refractivity contribution in [3.05, 3.63) is 112 Å². The van der Waals surface area contributed by atoms with Crippen LogP contribution >= 0.6 is 24.0 Å². The number of H-pyrrole nitrogens is 1. The fourth-order valence-corrected chi connectivity index (χ4v) is 3.90. The number of fused-ring (bicyclic) bond motifs is 1. The molecule has 166 valence electrons. The summed E-state index contributed by atoms with van der Waals surface area (Å²) >= 11 is 6.29. The Morgan fingerprint density at radius 3 is 2.58 bits per heavy atom. The number of aromatic nitrogens is 3. The number of imidazole rings is 1. The summed E-state index contributed by atoms with van der Waals surface area (Å²) in [6.07, 6.45) is 0.609. The average molecular weight is 476 g/mol. The van der Waals surface area contributed by atoms with Gasteiger partial charge in [-0.25, -0.2) is 9.97 Å². The summed E-state index contributed by atoms with van der Waals surface area (Å²) in [5.41, 5.74) is 6.98. The third kappa shape index (κ3) is 5.36. The van der Waals surface area contributed by atoms with Crippen LogP contribution in [0.25, 0.3) is 22.6 Å².